The molecule has 2 aliphatic rings. The van der Waals surface area contributed by atoms with Gasteiger partial charge in [0, 0.05) is 17.6 Å². The normalized spacial score (nSPS) is 39.1. The van der Waals surface area contributed by atoms with Crippen LogP contribution in [-0.4, -0.2) is 47.8 Å². The maximum atomic E-state index is 9.84. The van der Waals surface area contributed by atoms with Gasteiger partial charge in [0.25, 0.3) is 0 Å². The molecule has 0 radical (unpaired) electrons. The van der Waals surface area contributed by atoms with E-state index in [0.29, 0.717) is 6.04 Å². The van der Waals surface area contributed by atoms with Gasteiger partial charge >= 0.3 is 0 Å². The molecule has 0 amide bonds. The van der Waals surface area contributed by atoms with Gasteiger partial charge in [-0.1, -0.05) is 26.7 Å². The summed E-state index contributed by atoms with van der Waals surface area (Å²) in [5.41, 5.74) is -0.0216. The molecule has 3 nitrogen and oxygen atoms in total. The Kier molecular flexibility index (Phi) is 5.88. The van der Waals surface area contributed by atoms with Crippen LogP contribution in [0.1, 0.15) is 65.2 Å². The predicted molar refractivity (Wildman–Crippen MR) is 84.9 cm³/mol. The summed E-state index contributed by atoms with van der Waals surface area (Å²) in [4.78, 5) is 2.65. The minimum atomic E-state index is -0.0216. The Morgan fingerprint density at radius 1 is 1.20 bits per heavy atom. The summed E-state index contributed by atoms with van der Waals surface area (Å²) >= 11 is 0. The van der Waals surface area contributed by atoms with E-state index < -0.39 is 0 Å². The Morgan fingerprint density at radius 3 is 2.60 bits per heavy atom. The van der Waals surface area contributed by atoms with Gasteiger partial charge in [0.1, 0.15) is 0 Å². The molecule has 118 valence electrons. The third-order valence-corrected chi connectivity index (χ3v) is 5.73. The van der Waals surface area contributed by atoms with Crippen molar-refractivity contribution in [1.29, 1.82) is 0 Å². The monoisotopic (exact) mass is 282 g/mol. The molecule has 2 N–H and O–H groups in total. The third-order valence-electron chi connectivity index (χ3n) is 5.73. The molecule has 20 heavy (non-hydrogen) atoms. The highest BCUT2D eigenvalue weighted by Crippen LogP contribution is 2.34. The lowest BCUT2D eigenvalue weighted by Crippen LogP contribution is -2.56. The number of nitrogens with zero attached hydrogens (tertiary/aromatic N) is 1. The van der Waals surface area contributed by atoms with Gasteiger partial charge < -0.3 is 15.3 Å². The van der Waals surface area contributed by atoms with Crippen LogP contribution in [0.5, 0.6) is 0 Å². The highest BCUT2D eigenvalue weighted by molar-refractivity contribution is 4.97. The SMILES string of the molecule is CCNC1(CO)CCCC(N(C)C2CCCC(C)C2)C1. The van der Waals surface area contributed by atoms with Crippen molar-refractivity contribution >= 4 is 0 Å². The second-order valence-electron chi connectivity index (χ2n) is 7.31. The summed E-state index contributed by atoms with van der Waals surface area (Å²) in [6.45, 7) is 5.79. The van der Waals surface area contributed by atoms with E-state index >= 15 is 0 Å². The fourth-order valence-corrected chi connectivity index (χ4v) is 4.48. The first-order chi connectivity index (χ1) is 9.60. The van der Waals surface area contributed by atoms with Crippen molar-refractivity contribution in [3.05, 3.63) is 0 Å². The summed E-state index contributed by atoms with van der Waals surface area (Å²) in [5, 5.41) is 13.4. The molecule has 4 atom stereocenters. The average Bonchev–Trinajstić information content (AvgIpc) is 2.47. The molecule has 4 unspecified atom stereocenters. The fourth-order valence-electron chi connectivity index (χ4n) is 4.48. The van der Waals surface area contributed by atoms with Crippen LogP contribution in [0.2, 0.25) is 0 Å². The third kappa shape index (κ3) is 3.75. The van der Waals surface area contributed by atoms with E-state index in [-0.39, 0.29) is 12.1 Å². The Hall–Kier alpha value is -0.120. The number of hydrogen-bond donors (Lipinski definition) is 2. The van der Waals surface area contributed by atoms with E-state index in [2.05, 4.69) is 31.1 Å². The Labute approximate surface area is 125 Å². The van der Waals surface area contributed by atoms with Crippen LogP contribution in [0, 0.1) is 5.92 Å². The van der Waals surface area contributed by atoms with Crippen molar-refractivity contribution in [3.8, 4) is 0 Å². The first kappa shape index (κ1) is 16.3. The summed E-state index contributed by atoms with van der Waals surface area (Å²) in [5.74, 6) is 0.885. The molecule has 2 saturated carbocycles. The van der Waals surface area contributed by atoms with Crippen LogP contribution in [-0.2, 0) is 0 Å². The van der Waals surface area contributed by atoms with Crippen molar-refractivity contribution in [2.24, 2.45) is 5.92 Å². The minimum Gasteiger partial charge on any atom is -0.394 e. The molecule has 2 rings (SSSR count). The summed E-state index contributed by atoms with van der Waals surface area (Å²) < 4.78 is 0. The summed E-state index contributed by atoms with van der Waals surface area (Å²) in [6.07, 6.45) is 10.3. The zero-order valence-electron chi connectivity index (χ0n) is 13.7. The van der Waals surface area contributed by atoms with Crippen LogP contribution in [0.15, 0.2) is 0 Å². The van der Waals surface area contributed by atoms with Crippen LogP contribution in [0.3, 0.4) is 0 Å². The minimum absolute atomic E-state index is 0.0216. The number of aliphatic hydroxyl groups is 1. The molecule has 2 fully saturated rings. The molecule has 0 aromatic heterocycles. The fraction of sp³-hybridized carbons (Fsp3) is 1.00. The van der Waals surface area contributed by atoms with Crippen molar-refractivity contribution in [2.45, 2.75) is 82.8 Å². The molecule has 0 spiro atoms. The van der Waals surface area contributed by atoms with Crippen LogP contribution < -0.4 is 5.32 Å². The standard InChI is InChI=1S/C17H34N2O/c1-4-18-17(13-20)10-6-9-16(12-17)19(3)15-8-5-7-14(2)11-15/h14-16,18,20H,4-13H2,1-3H3. The quantitative estimate of drug-likeness (QED) is 0.814. The zero-order chi connectivity index (χ0) is 14.6. The van der Waals surface area contributed by atoms with Gasteiger partial charge in [-0.05, 0) is 58.0 Å². The topological polar surface area (TPSA) is 35.5 Å². The number of aliphatic hydroxyl groups excluding tert-OH is 1. The van der Waals surface area contributed by atoms with E-state index in [1.165, 1.54) is 38.5 Å². The molecule has 0 saturated heterocycles. The van der Waals surface area contributed by atoms with Gasteiger partial charge in [0.2, 0.25) is 0 Å². The number of rotatable bonds is 5. The largest absolute Gasteiger partial charge is 0.394 e. The van der Waals surface area contributed by atoms with Crippen LogP contribution >= 0.6 is 0 Å². The van der Waals surface area contributed by atoms with E-state index in [1.807, 2.05) is 0 Å². The lowest BCUT2D eigenvalue weighted by molar-refractivity contribution is 0.0393. The Bertz CT molecular complexity index is 293. The molecular weight excluding hydrogens is 248 g/mol. The second-order valence-corrected chi connectivity index (χ2v) is 7.31. The van der Waals surface area contributed by atoms with E-state index in [1.54, 1.807) is 0 Å². The molecule has 0 aromatic rings. The van der Waals surface area contributed by atoms with Gasteiger partial charge in [0.15, 0.2) is 0 Å². The number of hydrogen-bond acceptors (Lipinski definition) is 3. The van der Waals surface area contributed by atoms with Crippen molar-refractivity contribution < 1.29 is 5.11 Å². The van der Waals surface area contributed by atoms with Crippen molar-refractivity contribution in [1.82, 2.24) is 10.2 Å². The lowest BCUT2D eigenvalue weighted by atomic mass is 9.77. The maximum Gasteiger partial charge on any atom is 0.0613 e. The Balaban J connectivity index is 1.96. The molecule has 0 aliphatic heterocycles. The summed E-state index contributed by atoms with van der Waals surface area (Å²) in [6, 6.07) is 1.41. The first-order valence-electron chi connectivity index (χ1n) is 8.68. The van der Waals surface area contributed by atoms with Crippen molar-refractivity contribution in [3.63, 3.8) is 0 Å². The Morgan fingerprint density at radius 2 is 1.95 bits per heavy atom. The maximum absolute atomic E-state index is 9.84. The van der Waals surface area contributed by atoms with Crippen LogP contribution in [0.25, 0.3) is 0 Å². The highest BCUT2D eigenvalue weighted by atomic mass is 16.3. The van der Waals surface area contributed by atoms with Crippen molar-refractivity contribution in [2.75, 3.05) is 20.2 Å². The number of nitrogens with one attached hydrogen (secondary N) is 1. The predicted octanol–water partition coefficient (Wildman–Crippen LogP) is 2.78. The zero-order valence-corrected chi connectivity index (χ0v) is 13.7. The average molecular weight is 282 g/mol. The van der Waals surface area contributed by atoms with E-state index in [4.69, 9.17) is 0 Å². The van der Waals surface area contributed by atoms with Gasteiger partial charge in [-0.2, -0.15) is 0 Å². The number of likely N-dealkylation sites (N-methyl/N-ethyl adjacent to an activating group) is 1. The molecule has 0 bridgehead atoms. The van der Waals surface area contributed by atoms with Gasteiger partial charge in [0.05, 0.1) is 6.61 Å². The second kappa shape index (κ2) is 7.24. The van der Waals surface area contributed by atoms with Gasteiger partial charge in [-0.3, -0.25) is 0 Å². The molecule has 3 heteroatoms. The van der Waals surface area contributed by atoms with E-state index in [0.717, 1.165) is 31.3 Å². The smallest absolute Gasteiger partial charge is 0.0613 e. The molecular formula is C17H34N2O. The molecule has 0 heterocycles. The highest BCUT2D eigenvalue weighted by Gasteiger charge is 2.38. The van der Waals surface area contributed by atoms with E-state index in [9.17, 15) is 5.11 Å². The lowest BCUT2D eigenvalue weighted by Gasteiger charge is -2.46. The van der Waals surface area contributed by atoms with Gasteiger partial charge in [-0.25, -0.2) is 0 Å². The molecule has 0 aromatic carbocycles. The summed E-state index contributed by atoms with van der Waals surface area (Å²) in [7, 11) is 2.33. The van der Waals surface area contributed by atoms with Crippen LogP contribution in [0.4, 0.5) is 0 Å². The first-order valence-corrected chi connectivity index (χ1v) is 8.68. The molecule has 2 aliphatic carbocycles. The van der Waals surface area contributed by atoms with Gasteiger partial charge in [-0.15, -0.1) is 0 Å².